The maximum absolute atomic E-state index is 11.6. The second kappa shape index (κ2) is 5.87. The number of carbonyl (C=O) groups excluding carboxylic acids is 1. The predicted octanol–water partition coefficient (Wildman–Crippen LogP) is 2.77. The van der Waals surface area contributed by atoms with Crippen LogP contribution in [0.4, 0.5) is 4.79 Å². The third kappa shape index (κ3) is 5.73. The number of rotatable bonds is 5. The summed E-state index contributed by atoms with van der Waals surface area (Å²) in [5.74, 6) is 0.461. The van der Waals surface area contributed by atoms with E-state index in [-0.39, 0.29) is 12.3 Å². The van der Waals surface area contributed by atoms with Gasteiger partial charge in [-0.3, -0.25) is 9.69 Å². The molecule has 0 aromatic carbocycles. The van der Waals surface area contributed by atoms with Crippen LogP contribution in [-0.2, 0) is 4.79 Å². The van der Waals surface area contributed by atoms with E-state index in [0.29, 0.717) is 12.3 Å². The lowest BCUT2D eigenvalue weighted by Crippen LogP contribution is -2.47. The van der Waals surface area contributed by atoms with E-state index in [0.717, 1.165) is 6.42 Å². The number of nitrogens with zero attached hydrogens (tertiary/aromatic N) is 1. The van der Waals surface area contributed by atoms with Crippen LogP contribution in [0.5, 0.6) is 0 Å². The molecular weight excluding hydrogens is 206 g/mol. The van der Waals surface area contributed by atoms with Crippen LogP contribution in [0.25, 0.3) is 0 Å². The van der Waals surface area contributed by atoms with Gasteiger partial charge in [-0.15, -0.1) is 0 Å². The van der Waals surface area contributed by atoms with E-state index in [1.165, 1.54) is 4.90 Å². The van der Waals surface area contributed by atoms with Crippen molar-refractivity contribution in [1.82, 2.24) is 4.90 Å². The van der Waals surface area contributed by atoms with Crippen molar-refractivity contribution in [3.05, 3.63) is 0 Å². The molecule has 1 N–H and O–H groups in total. The molecule has 0 saturated carbocycles. The number of ketones is 1. The van der Waals surface area contributed by atoms with Gasteiger partial charge in [-0.25, -0.2) is 4.79 Å². The van der Waals surface area contributed by atoms with Gasteiger partial charge in [-0.05, 0) is 33.1 Å². The van der Waals surface area contributed by atoms with Gasteiger partial charge < -0.3 is 5.11 Å². The molecule has 0 aromatic heterocycles. The lowest BCUT2D eigenvalue weighted by molar-refractivity contribution is -0.121. The van der Waals surface area contributed by atoms with Gasteiger partial charge in [0.25, 0.3) is 0 Å². The Balaban J connectivity index is 4.32. The van der Waals surface area contributed by atoms with Crippen LogP contribution in [0.2, 0.25) is 0 Å². The minimum atomic E-state index is -1.04. The van der Waals surface area contributed by atoms with Crippen molar-refractivity contribution in [1.29, 1.82) is 0 Å². The van der Waals surface area contributed by atoms with Crippen molar-refractivity contribution in [2.75, 3.05) is 6.54 Å². The Labute approximate surface area is 97.6 Å². The monoisotopic (exact) mass is 229 g/mol. The third-order valence-corrected chi connectivity index (χ3v) is 2.38. The molecule has 0 aliphatic carbocycles. The average molecular weight is 229 g/mol. The van der Waals surface area contributed by atoms with E-state index in [9.17, 15) is 9.59 Å². The van der Waals surface area contributed by atoms with Gasteiger partial charge in [0, 0.05) is 12.0 Å². The van der Waals surface area contributed by atoms with Gasteiger partial charge >= 0.3 is 6.09 Å². The molecule has 94 valence electrons. The van der Waals surface area contributed by atoms with Gasteiger partial charge in [0.2, 0.25) is 0 Å². The van der Waals surface area contributed by atoms with Gasteiger partial charge in [0.05, 0.1) is 6.54 Å². The normalized spacial score (nSPS) is 11.6. The molecule has 0 spiro atoms. The molecule has 1 amide bonds. The first-order chi connectivity index (χ1) is 7.14. The molecule has 0 aliphatic rings. The first-order valence-electron chi connectivity index (χ1n) is 5.67. The van der Waals surface area contributed by atoms with Crippen LogP contribution in [0.1, 0.15) is 47.5 Å². The molecular formula is C12H23NO3. The van der Waals surface area contributed by atoms with E-state index in [1.807, 2.05) is 13.8 Å². The van der Waals surface area contributed by atoms with Crippen molar-refractivity contribution < 1.29 is 14.7 Å². The summed E-state index contributed by atoms with van der Waals surface area (Å²) < 4.78 is 0. The number of amides is 1. The lowest BCUT2D eigenvalue weighted by atomic mass is 10.0. The van der Waals surface area contributed by atoms with E-state index in [4.69, 9.17) is 5.11 Å². The van der Waals surface area contributed by atoms with Crippen LogP contribution in [0.15, 0.2) is 0 Å². The summed E-state index contributed by atoms with van der Waals surface area (Å²) in [5.41, 5.74) is -0.528. The Bertz CT molecular complexity index is 253. The van der Waals surface area contributed by atoms with Crippen LogP contribution in [0.3, 0.4) is 0 Å². The molecule has 0 atom stereocenters. The Kier molecular flexibility index (Phi) is 5.48. The van der Waals surface area contributed by atoms with Crippen molar-refractivity contribution in [2.45, 2.75) is 53.0 Å². The van der Waals surface area contributed by atoms with Gasteiger partial charge in [-0.2, -0.15) is 0 Å². The molecule has 4 nitrogen and oxygen atoms in total. The minimum Gasteiger partial charge on any atom is -0.465 e. The number of Topliss-reactive ketones (excluding diaryl/α,β-unsaturated/α-hetero) is 1. The van der Waals surface area contributed by atoms with Crippen LogP contribution in [-0.4, -0.2) is 34.0 Å². The fraction of sp³-hybridized carbons (Fsp3) is 0.833. The lowest BCUT2D eigenvalue weighted by Gasteiger charge is -2.32. The zero-order valence-corrected chi connectivity index (χ0v) is 10.9. The van der Waals surface area contributed by atoms with Crippen molar-refractivity contribution in [3.8, 4) is 0 Å². The third-order valence-electron chi connectivity index (χ3n) is 2.38. The largest absolute Gasteiger partial charge is 0.465 e. The van der Waals surface area contributed by atoms with Crippen LogP contribution >= 0.6 is 0 Å². The molecule has 16 heavy (non-hydrogen) atoms. The van der Waals surface area contributed by atoms with Crippen LogP contribution in [0, 0.1) is 5.92 Å². The molecule has 0 fully saturated rings. The minimum absolute atomic E-state index is 0.00831. The summed E-state index contributed by atoms with van der Waals surface area (Å²) in [5, 5.41) is 9.01. The summed E-state index contributed by atoms with van der Waals surface area (Å²) in [7, 11) is 0. The highest BCUT2D eigenvalue weighted by atomic mass is 16.4. The van der Waals surface area contributed by atoms with Gasteiger partial charge in [0.1, 0.15) is 0 Å². The molecule has 0 radical (unpaired) electrons. The molecule has 4 heteroatoms. The fourth-order valence-electron chi connectivity index (χ4n) is 1.30. The van der Waals surface area contributed by atoms with Crippen molar-refractivity contribution >= 4 is 11.9 Å². The topological polar surface area (TPSA) is 57.6 Å². The molecule has 0 saturated heterocycles. The summed E-state index contributed by atoms with van der Waals surface area (Å²) in [6.07, 6.45) is 0.235. The van der Waals surface area contributed by atoms with E-state index >= 15 is 0 Å². The summed E-state index contributed by atoms with van der Waals surface area (Å²) in [6.45, 7) is 9.45. The summed E-state index contributed by atoms with van der Waals surface area (Å²) in [4.78, 5) is 23.8. The average Bonchev–Trinajstić information content (AvgIpc) is 2.08. The molecule has 0 rings (SSSR count). The first-order valence-corrected chi connectivity index (χ1v) is 5.67. The van der Waals surface area contributed by atoms with E-state index in [2.05, 4.69) is 0 Å². The number of carbonyl (C=O) groups is 2. The fourth-order valence-corrected chi connectivity index (χ4v) is 1.30. The molecule has 0 aliphatic heterocycles. The standard InChI is InChI=1S/C12H23NO3/c1-9(2)6-7-10(14)8-13(11(15)16)12(3,4)5/h9H,6-8H2,1-5H3,(H,15,16). The highest BCUT2D eigenvalue weighted by Gasteiger charge is 2.27. The SMILES string of the molecule is CC(C)CCC(=O)CN(C(=O)O)C(C)(C)C. The molecule has 0 unspecified atom stereocenters. The maximum Gasteiger partial charge on any atom is 0.408 e. The number of hydrogen-bond donors (Lipinski definition) is 1. The quantitative estimate of drug-likeness (QED) is 0.788. The Morgan fingerprint density at radius 1 is 1.25 bits per heavy atom. The van der Waals surface area contributed by atoms with Crippen molar-refractivity contribution in [2.24, 2.45) is 5.92 Å². The molecule has 0 heterocycles. The molecule has 0 bridgehead atoms. The van der Waals surface area contributed by atoms with Crippen LogP contribution < -0.4 is 0 Å². The second-order valence-electron chi connectivity index (χ2n) is 5.51. The number of carboxylic acid groups (broad SMARTS) is 1. The summed E-state index contributed by atoms with van der Waals surface area (Å²) in [6, 6.07) is 0. The predicted molar refractivity (Wildman–Crippen MR) is 63.6 cm³/mol. The summed E-state index contributed by atoms with van der Waals surface area (Å²) >= 11 is 0. The zero-order chi connectivity index (χ0) is 12.9. The maximum atomic E-state index is 11.6. The first kappa shape index (κ1) is 14.9. The van der Waals surface area contributed by atoms with Crippen molar-refractivity contribution in [3.63, 3.8) is 0 Å². The van der Waals surface area contributed by atoms with Gasteiger partial charge in [-0.1, -0.05) is 13.8 Å². The highest BCUT2D eigenvalue weighted by molar-refractivity contribution is 5.83. The van der Waals surface area contributed by atoms with E-state index in [1.54, 1.807) is 20.8 Å². The number of hydrogen-bond acceptors (Lipinski definition) is 2. The highest BCUT2D eigenvalue weighted by Crippen LogP contribution is 2.14. The Morgan fingerprint density at radius 2 is 1.75 bits per heavy atom. The zero-order valence-electron chi connectivity index (χ0n) is 10.9. The van der Waals surface area contributed by atoms with E-state index < -0.39 is 11.6 Å². The smallest absolute Gasteiger partial charge is 0.408 e. The van der Waals surface area contributed by atoms with Gasteiger partial charge in [0.15, 0.2) is 5.78 Å². The Morgan fingerprint density at radius 3 is 2.06 bits per heavy atom. The Hall–Kier alpha value is -1.06. The second-order valence-corrected chi connectivity index (χ2v) is 5.51. The molecule has 0 aromatic rings.